The highest BCUT2D eigenvalue weighted by molar-refractivity contribution is 7.91. The Balaban J connectivity index is 3.24. The van der Waals surface area contributed by atoms with Crippen LogP contribution in [-0.2, 0) is 9.84 Å². The van der Waals surface area contributed by atoms with E-state index in [1.807, 2.05) is 13.8 Å². The van der Waals surface area contributed by atoms with Gasteiger partial charge < -0.3 is 0 Å². The van der Waals surface area contributed by atoms with Crippen LogP contribution in [0.4, 0.5) is 0 Å². The lowest BCUT2D eigenvalue weighted by Crippen LogP contribution is -2.06. The standard InChI is InChI=1S/C12H14O2S/c1-4-8-15(13,14)12-7-6-10(3)11(5-2)9-12/h2,6-7,9H,4,8H2,1,3H3. The third-order valence-electron chi connectivity index (χ3n) is 2.20. The Labute approximate surface area is 91.2 Å². The smallest absolute Gasteiger partial charge is 0.178 e. The minimum atomic E-state index is -3.16. The van der Waals surface area contributed by atoms with Gasteiger partial charge in [-0.25, -0.2) is 8.42 Å². The third kappa shape index (κ3) is 2.60. The summed E-state index contributed by atoms with van der Waals surface area (Å²) in [4.78, 5) is 0.322. The van der Waals surface area contributed by atoms with Crippen molar-refractivity contribution < 1.29 is 8.42 Å². The van der Waals surface area contributed by atoms with Gasteiger partial charge in [0.25, 0.3) is 0 Å². The molecule has 0 radical (unpaired) electrons. The molecule has 0 atom stereocenters. The molecule has 1 aromatic rings. The van der Waals surface area contributed by atoms with Crippen LogP contribution in [0.5, 0.6) is 0 Å². The summed E-state index contributed by atoms with van der Waals surface area (Å²) in [5.74, 6) is 2.65. The summed E-state index contributed by atoms with van der Waals surface area (Å²) in [7, 11) is -3.16. The van der Waals surface area contributed by atoms with Gasteiger partial charge in [0, 0.05) is 5.56 Å². The SMILES string of the molecule is C#Cc1cc(S(=O)(=O)CCC)ccc1C. The Morgan fingerprint density at radius 2 is 2.07 bits per heavy atom. The van der Waals surface area contributed by atoms with Gasteiger partial charge in [0.1, 0.15) is 0 Å². The number of hydrogen-bond acceptors (Lipinski definition) is 2. The molecule has 0 aromatic heterocycles. The second-order valence-electron chi connectivity index (χ2n) is 3.44. The molecule has 1 rings (SSSR count). The maximum absolute atomic E-state index is 11.7. The van der Waals surface area contributed by atoms with Crippen molar-refractivity contribution in [2.24, 2.45) is 0 Å². The molecule has 0 saturated carbocycles. The molecule has 0 aliphatic rings. The monoisotopic (exact) mass is 222 g/mol. The first-order chi connectivity index (χ1) is 7.01. The summed E-state index contributed by atoms with van der Waals surface area (Å²) in [6.07, 6.45) is 5.90. The van der Waals surface area contributed by atoms with E-state index in [1.165, 1.54) is 0 Å². The summed E-state index contributed by atoms with van der Waals surface area (Å²) < 4.78 is 23.5. The van der Waals surface area contributed by atoms with Crippen LogP contribution in [0.3, 0.4) is 0 Å². The number of aryl methyl sites for hydroxylation is 1. The fourth-order valence-electron chi connectivity index (χ4n) is 1.34. The number of hydrogen-bond donors (Lipinski definition) is 0. The zero-order chi connectivity index (χ0) is 11.5. The molecule has 0 spiro atoms. The van der Waals surface area contributed by atoms with Gasteiger partial charge in [-0.15, -0.1) is 6.42 Å². The summed E-state index contributed by atoms with van der Waals surface area (Å²) in [5, 5.41) is 0. The van der Waals surface area contributed by atoms with Crippen molar-refractivity contribution in [1.29, 1.82) is 0 Å². The molecule has 80 valence electrons. The summed E-state index contributed by atoms with van der Waals surface area (Å²) in [6.45, 7) is 3.71. The van der Waals surface area contributed by atoms with E-state index < -0.39 is 9.84 Å². The van der Waals surface area contributed by atoms with E-state index in [4.69, 9.17) is 6.42 Å². The Morgan fingerprint density at radius 3 is 2.60 bits per heavy atom. The zero-order valence-corrected chi connectivity index (χ0v) is 9.76. The lowest BCUT2D eigenvalue weighted by Gasteiger charge is -2.05. The van der Waals surface area contributed by atoms with Gasteiger partial charge in [0.15, 0.2) is 9.84 Å². The van der Waals surface area contributed by atoms with Crippen molar-refractivity contribution in [3.8, 4) is 12.3 Å². The predicted molar refractivity (Wildman–Crippen MR) is 61.5 cm³/mol. The van der Waals surface area contributed by atoms with Gasteiger partial charge in [-0.3, -0.25) is 0 Å². The molecule has 2 nitrogen and oxygen atoms in total. The highest BCUT2D eigenvalue weighted by Crippen LogP contribution is 2.16. The maximum atomic E-state index is 11.7. The highest BCUT2D eigenvalue weighted by Gasteiger charge is 2.13. The van der Waals surface area contributed by atoms with Crippen LogP contribution in [0, 0.1) is 19.3 Å². The molecular weight excluding hydrogens is 208 g/mol. The van der Waals surface area contributed by atoms with E-state index in [-0.39, 0.29) is 5.75 Å². The highest BCUT2D eigenvalue weighted by atomic mass is 32.2. The summed E-state index contributed by atoms with van der Waals surface area (Å²) in [6, 6.07) is 4.93. The van der Waals surface area contributed by atoms with Gasteiger partial charge in [-0.1, -0.05) is 18.9 Å². The van der Waals surface area contributed by atoms with Crippen LogP contribution in [-0.4, -0.2) is 14.2 Å². The van der Waals surface area contributed by atoms with Crippen molar-refractivity contribution in [1.82, 2.24) is 0 Å². The molecule has 0 bridgehead atoms. The van der Waals surface area contributed by atoms with Crippen LogP contribution < -0.4 is 0 Å². The van der Waals surface area contributed by atoms with Crippen molar-refractivity contribution in [3.05, 3.63) is 29.3 Å². The summed E-state index contributed by atoms with van der Waals surface area (Å²) >= 11 is 0. The van der Waals surface area contributed by atoms with Gasteiger partial charge in [0.2, 0.25) is 0 Å². The normalized spacial score (nSPS) is 11.0. The van der Waals surface area contributed by atoms with E-state index in [2.05, 4.69) is 5.92 Å². The molecule has 1 aromatic carbocycles. The molecule has 0 heterocycles. The third-order valence-corrected chi connectivity index (χ3v) is 4.11. The predicted octanol–water partition coefficient (Wildman–Crippen LogP) is 2.16. The van der Waals surface area contributed by atoms with Crippen LogP contribution in [0.1, 0.15) is 24.5 Å². The number of terminal acetylenes is 1. The Morgan fingerprint density at radius 1 is 1.40 bits per heavy atom. The molecule has 0 saturated heterocycles. The van der Waals surface area contributed by atoms with E-state index in [1.54, 1.807) is 18.2 Å². The van der Waals surface area contributed by atoms with Gasteiger partial charge in [0.05, 0.1) is 10.6 Å². The minimum absolute atomic E-state index is 0.167. The van der Waals surface area contributed by atoms with Crippen molar-refractivity contribution in [2.75, 3.05) is 5.75 Å². The topological polar surface area (TPSA) is 34.1 Å². The van der Waals surface area contributed by atoms with E-state index >= 15 is 0 Å². The average molecular weight is 222 g/mol. The molecule has 0 aliphatic heterocycles. The number of rotatable bonds is 3. The summed E-state index contributed by atoms with van der Waals surface area (Å²) in [5.41, 5.74) is 1.57. The Kier molecular flexibility index (Phi) is 3.54. The van der Waals surface area contributed by atoms with Gasteiger partial charge in [-0.05, 0) is 31.0 Å². The van der Waals surface area contributed by atoms with Crippen molar-refractivity contribution in [3.63, 3.8) is 0 Å². The lowest BCUT2D eigenvalue weighted by molar-refractivity contribution is 0.594. The molecule has 15 heavy (non-hydrogen) atoms. The van der Waals surface area contributed by atoms with Crippen LogP contribution in [0.2, 0.25) is 0 Å². The lowest BCUT2D eigenvalue weighted by atomic mass is 10.1. The first-order valence-electron chi connectivity index (χ1n) is 4.81. The second-order valence-corrected chi connectivity index (χ2v) is 5.55. The van der Waals surface area contributed by atoms with E-state index in [0.717, 1.165) is 5.56 Å². The quantitative estimate of drug-likeness (QED) is 0.734. The molecule has 0 N–H and O–H groups in total. The van der Waals surface area contributed by atoms with Crippen LogP contribution in [0.25, 0.3) is 0 Å². The molecule has 0 unspecified atom stereocenters. The fourth-order valence-corrected chi connectivity index (χ4v) is 2.68. The molecular formula is C12H14O2S. The fraction of sp³-hybridized carbons (Fsp3) is 0.333. The Bertz CT molecular complexity index is 493. The zero-order valence-electron chi connectivity index (χ0n) is 8.95. The van der Waals surface area contributed by atoms with Crippen molar-refractivity contribution >= 4 is 9.84 Å². The van der Waals surface area contributed by atoms with Crippen LogP contribution in [0.15, 0.2) is 23.1 Å². The van der Waals surface area contributed by atoms with Gasteiger partial charge >= 0.3 is 0 Å². The van der Waals surface area contributed by atoms with E-state index in [0.29, 0.717) is 16.9 Å². The Hall–Kier alpha value is -1.27. The molecule has 3 heteroatoms. The first-order valence-corrected chi connectivity index (χ1v) is 6.46. The number of sulfone groups is 1. The molecule has 0 fully saturated rings. The molecule has 0 amide bonds. The largest absolute Gasteiger partial charge is 0.224 e. The second kappa shape index (κ2) is 4.50. The van der Waals surface area contributed by atoms with Crippen molar-refractivity contribution in [2.45, 2.75) is 25.2 Å². The van der Waals surface area contributed by atoms with Gasteiger partial charge in [-0.2, -0.15) is 0 Å². The minimum Gasteiger partial charge on any atom is -0.224 e. The maximum Gasteiger partial charge on any atom is 0.178 e. The average Bonchev–Trinajstić information content (AvgIpc) is 2.18. The first kappa shape index (κ1) is 11.8. The molecule has 0 aliphatic carbocycles. The van der Waals surface area contributed by atoms with Crippen LogP contribution >= 0.6 is 0 Å². The number of benzene rings is 1. The van der Waals surface area contributed by atoms with E-state index in [9.17, 15) is 8.42 Å².